The molecule has 1 unspecified atom stereocenters. The van der Waals surface area contributed by atoms with Crippen LogP contribution in [-0.4, -0.2) is 27.8 Å². The average molecular weight is 345 g/mol. The fraction of sp³-hybridized carbons (Fsp3) is 0.467. The molecule has 4 nitrogen and oxygen atoms in total. The van der Waals surface area contributed by atoms with Crippen LogP contribution in [0.15, 0.2) is 23.4 Å². The third-order valence-electron chi connectivity index (χ3n) is 3.39. The van der Waals surface area contributed by atoms with Gasteiger partial charge in [0.05, 0.1) is 21.8 Å². The van der Waals surface area contributed by atoms with Gasteiger partial charge in [0.1, 0.15) is 0 Å². The van der Waals surface area contributed by atoms with Crippen LogP contribution in [0.3, 0.4) is 0 Å². The Morgan fingerprint density at radius 2 is 2.13 bits per heavy atom. The van der Waals surface area contributed by atoms with Crippen molar-refractivity contribution in [2.45, 2.75) is 43.4 Å². The normalized spacial score (nSPS) is 13.3. The van der Waals surface area contributed by atoms with Gasteiger partial charge < -0.3 is 9.88 Å². The van der Waals surface area contributed by atoms with Gasteiger partial charge in [-0.1, -0.05) is 18.7 Å². The highest BCUT2D eigenvalue weighted by Gasteiger charge is 2.31. The van der Waals surface area contributed by atoms with Gasteiger partial charge in [0, 0.05) is 13.6 Å². The van der Waals surface area contributed by atoms with Crippen molar-refractivity contribution < 1.29 is 18.0 Å². The standard InChI is InChI=1S/C15H18F3N3OS/c1-4-7-21-12-8-10(15(16,17)18)5-6-11(12)20-14(21)23-9(2)13(22)19-3/h5-6,8-9H,4,7H2,1-3H3,(H,19,22). The van der Waals surface area contributed by atoms with Crippen molar-refractivity contribution >= 4 is 28.7 Å². The summed E-state index contributed by atoms with van der Waals surface area (Å²) in [6.45, 7) is 4.22. The van der Waals surface area contributed by atoms with E-state index in [1.807, 2.05) is 6.92 Å². The monoisotopic (exact) mass is 345 g/mol. The molecule has 2 aromatic rings. The second-order valence-electron chi connectivity index (χ2n) is 5.12. The predicted octanol–water partition coefficient (Wildman–Crippen LogP) is 3.69. The van der Waals surface area contributed by atoms with Crippen LogP contribution in [0, 0.1) is 0 Å². The Morgan fingerprint density at radius 3 is 2.70 bits per heavy atom. The number of benzene rings is 1. The van der Waals surface area contributed by atoms with Crippen LogP contribution in [0.2, 0.25) is 0 Å². The summed E-state index contributed by atoms with van der Waals surface area (Å²) in [7, 11) is 1.55. The first-order valence-corrected chi connectivity index (χ1v) is 8.11. The number of nitrogens with one attached hydrogen (secondary N) is 1. The van der Waals surface area contributed by atoms with Crippen LogP contribution in [-0.2, 0) is 17.5 Å². The van der Waals surface area contributed by atoms with Gasteiger partial charge in [0.25, 0.3) is 0 Å². The molecule has 0 saturated carbocycles. The van der Waals surface area contributed by atoms with E-state index in [0.717, 1.165) is 18.6 Å². The summed E-state index contributed by atoms with van der Waals surface area (Å²) in [5.41, 5.74) is 0.240. The Balaban J connectivity index is 2.48. The number of thioether (sulfide) groups is 1. The summed E-state index contributed by atoms with van der Waals surface area (Å²) in [6, 6.07) is 3.52. The van der Waals surface area contributed by atoms with Crippen molar-refractivity contribution in [3.05, 3.63) is 23.8 Å². The molecule has 0 aliphatic carbocycles. The molecule has 2 rings (SSSR count). The van der Waals surface area contributed by atoms with Crippen molar-refractivity contribution in [3.63, 3.8) is 0 Å². The molecule has 126 valence electrons. The van der Waals surface area contributed by atoms with Gasteiger partial charge in [-0.2, -0.15) is 13.2 Å². The number of aryl methyl sites for hydroxylation is 1. The summed E-state index contributed by atoms with van der Waals surface area (Å²) >= 11 is 1.24. The zero-order valence-electron chi connectivity index (χ0n) is 13.1. The Hall–Kier alpha value is -1.70. The minimum absolute atomic E-state index is 0.152. The highest BCUT2D eigenvalue weighted by Crippen LogP contribution is 2.33. The van der Waals surface area contributed by atoms with E-state index in [4.69, 9.17) is 0 Å². The molecule has 1 heterocycles. The molecule has 1 atom stereocenters. The van der Waals surface area contributed by atoms with Crippen molar-refractivity contribution in [1.82, 2.24) is 14.9 Å². The highest BCUT2D eigenvalue weighted by molar-refractivity contribution is 8.00. The van der Waals surface area contributed by atoms with Crippen molar-refractivity contribution in [1.29, 1.82) is 0 Å². The van der Waals surface area contributed by atoms with Crippen LogP contribution in [0.25, 0.3) is 11.0 Å². The Labute approximate surface area is 136 Å². The van der Waals surface area contributed by atoms with Gasteiger partial charge in [-0.05, 0) is 31.5 Å². The zero-order valence-corrected chi connectivity index (χ0v) is 13.9. The third-order valence-corrected chi connectivity index (χ3v) is 4.48. The zero-order chi connectivity index (χ0) is 17.2. The molecule has 0 aliphatic heterocycles. The SMILES string of the molecule is CCCn1c(SC(C)C(=O)NC)nc2ccc(C(F)(F)F)cc21. The first kappa shape index (κ1) is 17.7. The van der Waals surface area contributed by atoms with Gasteiger partial charge >= 0.3 is 6.18 Å². The Kier molecular flexibility index (Phi) is 5.23. The molecular formula is C15H18F3N3OS. The number of carbonyl (C=O) groups is 1. The minimum Gasteiger partial charge on any atom is -0.358 e. The van der Waals surface area contributed by atoms with E-state index in [1.165, 1.54) is 17.8 Å². The van der Waals surface area contributed by atoms with Crippen LogP contribution >= 0.6 is 11.8 Å². The van der Waals surface area contributed by atoms with Crippen LogP contribution in [0.5, 0.6) is 0 Å². The van der Waals surface area contributed by atoms with E-state index < -0.39 is 11.7 Å². The summed E-state index contributed by atoms with van der Waals surface area (Å²) in [5, 5.41) is 2.73. The fourth-order valence-electron chi connectivity index (χ4n) is 2.22. The predicted molar refractivity (Wildman–Crippen MR) is 84.4 cm³/mol. The molecule has 23 heavy (non-hydrogen) atoms. The number of fused-ring (bicyclic) bond motifs is 1. The second-order valence-corrected chi connectivity index (χ2v) is 6.43. The Morgan fingerprint density at radius 1 is 1.43 bits per heavy atom. The van der Waals surface area contributed by atoms with Gasteiger partial charge in [-0.15, -0.1) is 0 Å². The number of hydrogen-bond acceptors (Lipinski definition) is 3. The maximum atomic E-state index is 12.9. The topological polar surface area (TPSA) is 46.9 Å². The lowest BCUT2D eigenvalue weighted by Crippen LogP contribution is -2.27. The molecule has 1 aromatic heterocycles. The number of aromatic nitrogens is 2. The molecule has 0 spiro atoms. The summed E-state index contributed by atoms with van der Waals surface area (Å²) < 4.78 is 40.5. The molecule has 8 heteroatoms. The molecule has 0 saturated heterocycles. The van der Waals surface area contributed by atoms with E-state index in [2.05, 4.69) is 10.3 Å². The molecule has 1 aromatic carbocycles. The molecule has 0 fully saturated rings. The van der Waals surface area contributed by atoms with E-state index in [-0.39, 0.29) is 11.2 Å². The third kappa shape index (κ3) is 3.80. The fourth-order valence-corrected chi connectivity index (χ4v) is 3.23. The quantitative estimate of drug-likeness (QED) is 0.841. The number of alkyl halides is 3. The number of amides is 1. The van der Waals surface area contributed by atoms with Crippen LogP contribution in [0.1, 0.15) is 25.8 Å². The lowest BCUT2D eigenvalue weighted by atomic mass is 10.2. The number of imidazole rings is 1. The molecule has 1 amide bonds. The van der Waals surface area contributed by atoms with Crippen molar-refractivity contribution in [2.75, 3.05) is 7.05 Å². The molecule has 0 radical (unpaired) electrons. The lowest BCUT2D eigenvalue weighted by molar-refractivity contribution is -0.137. The van der Waals surface area contributed by atoms with E-state index in [0.29, 0.717) is 22.7 Å². The average Bonchev–Trinajstić information content (AvgIpc) is 2.83. The second kappa shape index (κ2) is 6.82. The molecule has 0 bridgehead atoms. The number of nitrogens with zero attached hydrogens (tertiary/aromatic N) is 2. The molecular weight excluding hydrogens is 327 g/mol. The van der Waals surface area contributed by atoms with Gasteiger partial charge in [0.15, 0.2) is 5.16 Å². The van der Waals surface area contributed by atoms with Gasteiger partial charge in [-0.3, -0.25) is 4.79 Å². The Bertz CT molecular complexity index is 712. The number of rotatable bonds is 5. The summed E-state index contributed by atoms with van der Waals surface area (Å²) in [4.78, 5) is 16.1. The van der Waals surface area contributed by atoms with E-state index in [1.54, 1.807) is 18.5 Å². The summed E-state index contributed by atoms with van der Waals surface area (Å²) in [6.07, 6.45) is -3.64. The largest absolute Gasteiger partial charge is 0.416 e. The highest BCUT2D eigenvalue weighted by atomic mass is 32.2. The first-order chi connectivity index (χ1) is 10.8. The lowest BCUT2D eigenvalue weighted by Gasteiger charge is -2.12. The number of halogens is 3. The van der Waals surface area contributed by atoms with Gasteiger partial charge in [-0.25, -0.2) is 4.98 Å². The van der Waals surface area contributed by atoms with E-state index in [9.17, 15) is 18.0 Å². The number of carbonyl (C=O) groups excluding carboxylic acids is 1. The smallest absolute Gasteiger partial charge is 0.358 e. The van der Waals surface area contributed by atoms with Crippen LogP contribution in [0.4, 0.5) is 13.2 Å². The minimum atomic E-state index is -4.39. The van der Waals surface area contributed by atoms with Crippen molar-refractivity contribution in [3.8, 4) is 0 Å². The van der Waals surface area contributed by atoms with Crippen molar-refractivity contribution in [2.24, 2.45) is 0 Å². The first-order valence-electron chi connectivity index (χ1n) is 7.23. The van der Waals surface area contributed by atoms with Gasteiger partial charge in [0.2, 0.25) is 5.91 Å². The maximum absolute atomic E-state index is 12.9. The molecule has 1 N–H and O–H groups in total. The summed E-state index contributed by atoms with van der Waals surface area (Å²) in [5.74, 6) is -0.152. The number of hydrogen-bond donors (Lipinski definition) is 1. The van der Waals surface area contributed by atoms with Crippen LogP contribution < -0.4 is 5.32 Å². The van der Waals surface area contributed by atoms with E-state index >= 15 is 0 Å². The maximum Gasteiger partial charge on any atom is 0.416 e. The molecule has 0 aliphatic rings.